The molecular formula is C42H64N8O7S2. The van der Waals surface area contributed by atoms with Crippen LogP contribution in [0.4, 0.5) is 17.1 Å². The van der Waals surface area contributed by atoms with Gasteiger partial charge in [-0.1, -0.05) is 98.8 Å². The molecule has 2 aromatic carbocycles. The molecule has 2 amide bonds. The third-order valence-corrected chi connectivity index (χ3v) is 11.2. The highest BCUT2D eigenvalue weighted by Crippen LogP contribution is 2.34. The first-order chi connectivity index (χ1) is 28.1. The van der Waals surface area contributed by atoms with Crippen molar-refractivity contribution in [1.82, 2.24) is 24.5 Å². The van der Waals surface area contributed by atoms with Crippen LogP contribution in [0, 0.1) is 5.92 Å². The molecule has 0 fully saturated rings. The normalized spacial score (nSPS) is 13.7. The van der Waals surface area contributed by atoms with Gasteiger partial charge in [0.05, 0.1) is 18.3 Å². The minimum Gasteiger partial charge on any atom is -0.489 e. The van der Waals surface area contributed by atoms with Crippen molar-refractivity contribution in [2.75, 3.05) is 22.0 Å². The number of carbonyl (C=O) groups excluding carboxylic acids is 2. The number of aromatic amines is 1. The van der Waals surface area contributed by atoms with E-state index < -0.39 is 28.6 Å². The van der Waals surface area contributed by atoms with Gasteiger partial charge in [-0.2, -0.15) is 13.1 Å². The lowest BCUT2D eigenvalue weighted by molar-refractivity contribution is -0.115. The summed E-state index contributed by atoms with van der Waals surface area (Å²) < 4.78 is 52.6. The summed E-state index contributed by atoms with van der Waals surface area (Å²) in [5.41, 5.74) is 2.51. The van der Waals surface area contributed by atoms with Gasteiger partial charge in [0.2, 0.25) is 11.8 Å². The quantitative estimate of drug-likeness (QED) is 0.0383. The minimum atomic E-state index is -2.15. The zero-order chi connectivity index (χ0) is 43.0. The van der Waals surface area contributed by atoms with E-state index in [0.29, 0.717) is 46.8 Å². The van der Waals surface area contributed by atoms with Crippen LogP contribution in [0.25, 0.3) is 5.65 Å². The van der Waals surface area contributed by atoms with Crippen LogP contribution < -0.4 is 33.2 Å². The summed E-state index contributed by atoms with van der Waals surface area (Å²) >= 11 is -4.22. The molecule has 4 aromatic rings. The highest BCUT2D eigenvalue weighted by atomic mass is 32.2. The molecule has 5 N–H and O–H groups in total. The number of aromatic nitrogens is 4. The Kier molecular flexibility index (Phi) is 18.7. The van der Waals surface area contributed by atoms with Gasteiger partial charge in [-0.15, -0.1) is 10.2 Å². The summed E-state index contributed by atoms with van der Waals surface area (Å²) in [4.78, 5) is 23.5. The number of unbranched alkanes of at least 4 members (excludes halogenated alkanes) is 8. The Hall–Kier alpha value is -4.48. The van der Waals surface area contributed by atoms with Gasteiger partial charge in [-0.25, -0.2) is 4.52 Å². The molecule has 4 atom stereocenters. The highest BCUT2D eigenvalue weighted by Gasteiger charge is 2.23. The smallest absolute Gasteiger partial charge is 0.316 e. The van der Waals surface area contributed by atoms with Crippen LogP contribution in [0.3, 0.4) is 0 Å². The van der Waals surface area contributed by atoms with Gasteiger partial charge < -0.3 is 23.7 Å². The van der Waals surface area contributed by atoms with Gasteiger partial charge in [0.1, 0.15) is 5.75 Å². The second-order valence-electron chi connectivity index (χ2n) is 16.1. The first kappa shape index (κ1) is 47.2. The number of anilines is 3. The maximum atomic E-state index is 13.6. The number of carbonyl (C=O) groups is 2. The summed E-state index contributed by atoms with van der Waals surface area (Å²) in [7, 11) is 0. The number of benzene rings is 2. The van der Waals surface area contributed by atoms with Crippen molar-refractivity contribution >= 4 is 57.1 Å². The van der Waals surface area contributed by atoms with Crippen LogP contribution in [0.1, 0.15) is 150 Å². The number of fused-ring (bicyclic) bond motifs is 1. The summed E-state index contributed by atoms with van der Waals surface area (Å²) in [6.45, 7) is 15.7. The van der Waals surface area contributed by atoms with Gasteiger partial charge >= 0.3 is 11.3 Å². The van der Waals surface area contributed by atoms with Crippen molar-refractivity contribution < 1.29 is 31.1 Å². The standard InChI is InChI=1S/C42H64N8O7S2/c1-9-11-13-15-16-18-20-32(19-17-14-12-10-2)28-55-37-22-21-33(49-59(54)56-36-24-34(43-30(4)51)23-35(25-36)44-31(5)52)26-38(37)57-58(53)48-29(3)41-46-45-40-27-39(42(6,7)8)47-50(40)41/h21-27,29,32,47-49H,9-20,28H2,1-8H3,(H,43,51)(H,44,52). The monoisotopic (exact) mass is 856 g/mol. The van der Waals surface area contributed by atoms with Gasteiger partial charge in [-0.3, -0.25) is 19.4 Å². The van der Waals surface area contributed by atoms with E-state index in [-0.39, 0.29) is 28.7 Å². The van der Waals surface area contributed by atoms with E-state index in [4.69, 9.17) is 13.1 Å². The topological polar surface area (TPSA) is 190 Å². The van der Waals surface area contributed by atoms with E-state index >= 15 is 0 Å². The lowest BCUT2D eigenvalue weighted by atomic mass is 9.93. The largest absolute Gasteiger partial charge is 0.489 e. The SMILES string of the molecule is CCCCCCCCC(CCCCCC)COc1ccc(NS(=O)Oc2cc(NC(C)=O)cc(NC(C)=O)c2)cc1OS(=O)NC(C)c1nnc2cc(C(C)(C)C)[nH]n12. The van der Waals surface area contributed by atoms with Crippen LogP contribution >= 0.6 is 0 Å². The molecule has 17 heteroatoms. The fourth-order valence-corrected chi connectivity index (χ4v) is 7.88. The van der Waals surface area contributed by atoms with Crippen LogP contribution in [-0.2, 0) is 37.5 Å². The Bertz CT molecular complexity index is 1980. The number of ether oxygens (including phenoxy) is 1. The van der Waals surface area contributed by atoms with E-state index in [1.54, 1.807) is 28.8 Å². The molecule has 326 valence electrons. The van der Waals surface area contributed by atoms with Crippen LogP contribution in [0.15, 0.2) is 42.5 Å². The number of rotatable bonds is 26. The molecule has 0 aliphatic rings. The first-order valence-corrected chi connectivity index (χ1v) is 22.9. The van der Waals surface area contributed by atoms with E-state index in [0.717, 1.165) is 31.4 Å². The number of hydrogen-bond donors (Lipinski definition) is 5. The predicted octanol–water partition coefficient (Wildman–Crippen LogP) is 9.37. The lowest BCUT2D eigenvalue weighted by Gasteiger charge is -2.20. The fraction of sp³-hybridized carbons (Fsp3) is 0.571. The van der Waals surface area contributed by atoms with Crippen molar-refractivity contribution in [2.45, 2.75) is 144 Å². The molecule has 4 rings (SSSR count). The van der Waals surface area contributed by atoms with Gasteiger partial charge in [-0.05, 0) is 43.9 Å². The molecular weight excluding hydrogens is 793 g/mol. The Morgan fingerprint density at radius 1 is 0.763 bits per heavy atom. The number of nitrogens with one attached hydrogen (secondary N) is 5. The van der Waals surface area contributed by atoms with Crippen molar-refractivity contribution in [2.24, 2.45) is 5.92 Å². The van der Waals surface area contributed by atoms with E-state index in [9.17, 15) is 18.0 Å². The summed E-state index contributed by atoms with van der Waals surface area (Å²) in [5, 5.41) is 17.2. The predicted molar refractivity (Wildman–Crippen MR) is 236 cm³/mol. The van der Waals surface area contributed by atoms with Gasteiger partial charge in [0, 0.05) is 60.6 Å². The maximum absolute atomic E-state index is 13.6. The molecule has 0 aliphatic heterocycles. The van der Waals surface area contributed by atoms with Crippen LogP contribution in [0.5, 0.6) is 17.2 Å². The number of nitrogens with zero attached hydrogens (tertiary/aromatic N) is 3. The van der Waals surface area contributed by atoms with E-state index in [1.165, 1.54) is 77.3 Å². The third kappa shape index (κ3) is 15.9. The molecule has 0 radical (unpaired) electrons. The summed E-state index contributed by atoms with van der Waals surface area (Å²) in [6.07, 6.45) is 14.2. The van der Waals surface area contributed by atoms with Crippen molar-refractivity contribution in [1.29, 1.82) is 0 Å². The molecule has 2 aromatic heterocycles. The number of amides is 2. The van der Waals surface area contributed by atoms with E-state index in [1.807, 2.05) is 13.0 Å². The average Bonchev–Trinajstić information content (AvgIpc) is 3.75. The average molecular weight is 857 g/mol. The Labute approximate surface area is 354 Å². The molecule has 0 spiro atoms. The zero-order valence-electron chi connectivity index (χ0n) is 35.9. The molecule has 15 nitrogen and oxygen atoms in total. The lowest BCUT2D eigenvalue weighted by Crippen LogP contribution is -2.27. The second kappa shape index (κ2) is 23.3. The van der Waals surface area contributed by atoms with Gasteiger partial charge in [0.25, 0.3) is 11.3 Å². The highest BCUT2D eigenvalue weighted by molar-refractivity contribution is 7.82. The molecule has 0 bridgehead atoms. The fourth-order valence-electron chi connectivity index (χ4n) is 6.52. The number of hydrogen-bond acceptors (Lipinski definition) is 9. The third-order valence-electron chi connectivity index (χ3n) is 9.62. The Morgan fingerprint density at radius 2 is 1.37 bits per heavy atom. The Balaban J connectivity index is 1.54. The van der Waals surface area contributed by atoms with Crippen molar-refractivity contribution in [3.05, 3.63) is 54.0 Å². The van der Waals surface area contributed by atoms with E-state index in [2.05, 4.69) is 70.0 Å². The molecule has 0 saturated carbocycles. The second-order valence-corrected chi connectivity index (χ2v) is 17.8. The zero-order valence-corrected chi connectivity index (χ0v) is 37.5. The number of H-pyrrole nitrogens is 1. The van der Waals surface area contributed by atoms with Crippen LogP contribution in [-0.4, -0.2) is 46.7 Å². The van der Waals surface area contributed by atoms with Gasteiger partial charge in [0.15, 0.2) is 23.0 Å². The van der Waals surface area contributed by atoms with Crippen molar-refractivity contribution in [3.63, 3.8) is 0 Å². The van der Waals surface area contributed by atoms with Crippen LogP contribution in [0.2, 0.25) is 0 Å². The molecule has 4 unspecified atom stereocenters. The minimum absolute atomic E-state index is 0.121. The molecule has 2 heterocycles. The maximum Gasteiger partial charge on any atom is 0.316 e. The summed E-state index contributed by atoms with van der Waals surface area (Å²) in [5.74, 6) is 0.885. The molecule has 59 heavy (non-hydrogen) atoms. The summed E-state index contributed by atoms with van der Waals surface area (Å²) in [6, 6.07) is 10.8. The molecule has 0 aliphatic carbocycles. The van der Waals surface area contributed by atoms with Crippen molar-refractivity contribution in [3.8, 4) is 17.2 Å². The Morgan fingerprint density at radius 3 is 1.98 bits per heavy atom. The first-order valence-electron chi connectivity index (χ1n) is 20.8. The molecule has 0 saturated heterocycles.